The third-order valence-electron chi connectivity index (χ3n) is 3.45. The number of carbonyl (C=O) groups is 2. The Bertz CT molecular complexity index is 317. The van der Waals surface area contributed by atoms with Crippen LogP contribution in [0.5, 0.6) is 0 Å². The van der Waals surface area contributed by atoms with Crippen molar-refractivity contribution in [2.45, 2.75) is 24.9 Å². The molecule has 0 bridgehead atoms. The molecule has 3 atom stereocenters. The molecule has 96 valence electrons. The third kappa shape index (κ3) is 2.76. The highest BCUT2D eigenvalue weighted by atomic mass is 16.5. The molecule has 2 fully saturated rings. The van der Waals surface area contributed by atoms with Crippen molar-refractivity contribution in [2.75, 3.05) is 20.3 Å². The molecule has 1 aliphatic heterocycles. The van der Waals surface area contributed by atoms with E-state index in [0.29, 0.717) is 13.2 Å². The molecule has 17 heavy (non-hydrogen) atoms. The highest BCUT2D eigenvalue weighted by Gasteiger charge is 2.40. The van der Waals surface area contributed by atoms with E-state index in [1.807, 2.05) is 0 Å². The minimum absolute atomic E-state index is 0.0244. The fourth-order valence-electron chi connectivity index (χ4n) is 2.17. The fraction of sp³-hybridized carbons (Fsp3) is 0.818. The summed E-state index contributed by atoms with van der Waals surface area (Å²) in [5, 5.41) is 14.7. The van der Waals surface area contributed by atoms with Crippen molar-refractivity contribution in [3.8, 4) is 0 Å². The van der Waals surface area contributed by atoms with Crippen LogP contribution in [0.1, 0.15) is 12.8 Å². The molecule has 1 amide bonds. The van der Waals surface area contributed by atoms with Crippen LogP contribution >= 0.6 is 0 Å². The summed E-state index contributed by atoms with van der Waals surface area (Å²) in [7, 11) is 1.77. The van der Waals surface area contributed by atoms with Crippen molar-refractivity contribution in [3.63, 3.8) is 0 Å². The molecule has 0 aromatic rings. The lowest BCUT2D eigenvalue weighted by Crippen LogP contribution is -2.49. The van der Waals surface area contributed by atoms with Gasteiger partial charge in [-0.25, -0.2) is 4.79 Å². The molecule has 2 rings (SSSR count). The Morgan fingerprint density at radius 2 is 2.06 bits per heavy atom. The smallest absolute Gasteiger partial charge is 0.326 e. The van der Waals surface area contributed by atoms with E-state index in [9.17, 15) is 9.59 Å². The fourth-order valence-corrected chi connectivity index (χ4v) is 2.17. The van der Waals surface area contributed by atoms with Gasteiger partial charge < -0.3 is 20.5 Å². The molecule has 3 unspecified atom stereocenters. The topological polar surface area (TPSA) is 87.7 Å². The quantitative estimate of drug-likeness (QED) is 0.587. The van der Waals surface area contributed by atoms with Crippen LogP contribution in [0.3, 0.4) is 0 Å². The molecule has 0 aromatic heterocycles. The van der Waals surface area contributed by atoms with Crippen LogP contribution in [0.15, 0.2) is 0 Å². The number of hydrogen-bond donors (Lipinski definition) is 3. The van der Waals surface area contributed by atoms with Crippen LogP contribution in [0, 0.1) is 11.8 Å². The molecule has 6 nitrogen and oxygen atoms in total. The minimum atomic E-state index is -0.944. The zero-order valence-electron chi connectivity index (χ0n) is 9.81. The molecule has 0 aromatic carbocycles. The van der Waals surface area contributed by atoms with Gasteiger partial charge in [0.15, 0.2) is 0 Å². The van der Waals surface area contributed by atoms with Crippen LogP contribution in [0.4, 0.5) is 0 Å². The van der Waals surface area contributed by atoms with E-state index >= 15 is 0 Å². The van der Waals surface area contributed by atoms with E-state index in [1.54, 1.807) is 7.05 Å². The second-order valence-electron chi connectivity index (χ2n) is 4.70. The van der Waals surface area contributed by atoms with E-state index in [-0.39, 0.29) is 23.8 Å². The van der Waals surface area contributed by atoms with Crippen molar-refractivity contribution >= 4 is 11.9 Å². The Hall–Kier alpha value is -1.14. The second kappa shape index (κ2) is 5.01. The minimum Gasteiger partial charge on any atom is -0.480 e. The number of ether oxygens (including phenoxy) is 1. The first-order chi connectivity index (χ1) is 8.13. The van der Waals surface area contributed by atoms with E-state index in [0.717, 1.165) is 12.8 Å². The van der Waals surface area contributed by atoms with Crippen molar-refractivity contribution < 1.29 is 19.4 Å². The van der Waals surface area contributed by atoms with Crippen LogP contribution in [0.25, 0.3) is 0 Å². The molecule has 3 N–H and O–H groups in total. The molecule has 1 saturated heterocycles. The van der Waals surface area contributed by atoms with Crippen LogP contribution in [0.2, 0.25) is 0 Å². The summed E-state index contributed by atoms with van der Waals surface area (Å²) in [5.74, 6) is -1.35. The van der Waals surface area contributed by atoms with Crippen LogP contribution < -0.4 is 10.6 Å². The van der Waals surface area contributed by atoms with Gasteiger partial charge in [0.25, 0.3) is 0 Å². The zero-order valence-corrected chi connectivity index (χ0v) is 9.81. The van der Waals surface area contributed by atoms with Crippen molar-refractivity contribution in [1.82, 2.24) is 10.6 Å². The van der Waals surface area contributed by atoms with Gasteiger partial charge in [-0.3, -0.25) is 4.79 Å². The summed E-state index contributed by atoms with van der Waals surface area (Å²) in [6.45, 7) is 0.851. The van der Waals surface area contributed by atoms with Crippen LogP contribution in [-0.4, -0.2) is 49.3 Å². The largest absolute Gasteiger partial charge is 0.480 e. The first-order valence-electron chi connectivity index (χ1n) is 5.91. The van der Waals surface area contributed by atoms with Gasteiger partial charge in [0, 0.05) is 6.04 Å². The summed E-state index contributed by atoms with van der Waals surface area (Å²) in [4.78, 5) is 23.0. The lowest BCUT2D eigenvalue weighted by atomic mass is 10.0. The second-order valence-corrected chi connectivity index (χ2v) is 4.70. The van der Waals surface area contributed by atoms with E-state index in [2.05, 4.69) is 10.6 Å². The average Bonchev–Trinajstić information content (AvgIpc) is 3.01. The maximum Gasteiger partial charge on any atom is 0.326 e. The highest BCUT2D eigenvalue weighted by molar-refractivity contribution is 5.86. The van der Waals surface area contributed by atoms with Gasteiger partial charge >= 0.3 is 5.97 Å². The summed E-state index contributed by atoms with van der Waals surface area (Å²) < 4.78 is 5.23. The maximum absolute atomic E-state index is 12.0. The molecule has 6 heteroatoms. The molecule has 1 heterocycles. The van der Waals surface area contributed by atoms with Crippen LogP contribution in [-0.2, 0) is 14.3 Å². The normalized spacial score (nSPS) is 29.9. The Balaban J connectivity index is 1.92. The third-order valence-corrected chi connectivity index (χ3v) is 3.45. The molecule has 0 radical (unpaired) electrons. The number of rotatable bonds is 5. The van der Waals surface area contributed by atoms with E-state index in [1.165, 1.54) is 0 Å². The zero-order chi connectivity index (χ0) is 12.4. The Morgan fingerprint density at radius 3 is 2.59 bits per heavy atom. The molecule has 1 aliphatic carbocycles. The standard InChI is InChI=1S/C11H18N2O4/c1-12-8-5-17-4-7(8)10(14)13-9(11(15)16)6-2-3-6/h6-9,12H,2-5H2,1H3,(H,13,14)(H,15,16). The maximum atomic E-state index is 12.0. The number of likely N-dealkylation sites (N-methyl/N-ethyl adjacent to an activating group) is 1. The van der Waals surface area contributed by atoms with Gasteiger partial charge in [-0.15, -0.1) is 0 Å². The number of carbonyl (C=O) groups excluding carboxylic acids is 1. The Labute approximate surface area is 99.7 Å². The SMILES string of the molecule is CNC1COCC1C(=O)NC(C(=O)O)C1CC1. The first kappa shape index (κ1) is 12.3. The van der Waals surface area contributed by atoms with Crippen molar-refractivity contribution in [3.05, 3.63) is 0 Å². The molecule has 1 saturated carbocycles. The summed E-state index contributed by atoms with van der Waals surface area (Å²) >= 11 is 0. The van der Waals surface area contributed by atoms with E-state index in [4.69, 9.17) is 9.84 Å². The van der Waals surface area contributed by atoms with Gasteiger partial charge in [-0.05, 0) is 25.8 Å². The number of hydrogen-bond acceptors (Lipinski definition) is 4. The van der Waals surface area contributed by atoms with E-state index < -0.39 is 12.0 Å². The lowest BCUT2D eigenvalue weighted by molar-refractivity contribution is -0.143. The molecule has 2 aliphatic rings. The van der Waals surface area contributed by atoms with Gasteiger partial charge in [0.1, 0.15) is 6.04 Å². The van der Waals surface area contributed by atoms with Crippen molar-refractivity contribution in [1.29, 1.82) is 0 Å². The van der Waals surface area contributed by atoms with Crippen molar-refractivity contribution in [2.24, 2.45) is 11.8 Å². The first-order valence-corrected chi connectivity index (χ1v) is 5.91. The summed E-state index contributed by atoms with van der Waals surface area (Å²) in [5.41, 5.74) is 0. The predicted molar refractivity (Wildman–Crippen MR) is 59.4 cm³/mol. The van der Waals surface area contributed by atoms with Gasteiger partial charge in [-0.1, -0.05) is 0 Å². The number of aliphatic carboxylic acids is 1. The number of carboxylic acid groups (broad SMARTS) is 1. The number of carboxylic acids is 1. The Morgan fingerprint density at radius 1 is 1.35 bits per heavy atom. The van der Waals surface area contributed by atoms with Gasteiger partial charge in [0.05, 0.1) is 19.1 Å². The van der Waals surface area contributed by atoms with Gasteiger partial charge in [-0.2, -0.15) is 0 Å². The highest BCUT2D eigenvalue weighted by Crippen LogP contribution is 2.33. The summed E-state index contributed by atoms with van der Waals surface area (Å²) in [6, 6.07) is -0.760. The number of amides is 1. The predicted octanol–water partition coefficient (Wildman–Crippen LogP) is -0.800. The molecular formula is C11H18N2O4. The Kier molecular flexibility index (Phi) is 3.63. The number of nitrogens with one attached hydrogen (secondary N) is 2. The average molecular weight is 242 g/mol. The monoisotopic (exact) mass is 242 g/mol. The molecule has 0 spiro atoms. The summed E-state index contributed by atoms with van der Waals surface area (Å²) in [6.07, 6.45) is 1.77. The lowest BCUT2D eigenvalue weighted by Gasteiger charge is -2.19. The van der Waals surface area contributed by atoms with Gasteiger partial charge in [0.2, 0.25) is 5.91 Å². The molecular weight excluding hydrogens is 224 g/mol.